The minimum absolute atomic E-state index is 0.262. The van der Waals surface area contributed by atoms with Gasteiger partial charge in [0.1, 0.15) is 5.75 Å². The lowest BCUT2D eigenvalue weighted by atomic mass is 10.2. The molecule has 0 radical (unpaired) electrons. The SMILES string of the molecule is O=C(CCCCC[18F])Oc1ccccc1P(c1ccccc1)c1ccccc1. The maximum absolute atomic E-state index is 12.3. The van der Waals surface area contributed by atoms with E-state index in [9.17, 15) is 9.18 Å². The van der Waals surface area contributed by atoms with E-state index in [2.05, 4.69) is 24.3 Å². The Hall–Kier alpha value is -2.51. The maximum atomic E-state index is 12.3. The molecule has 0 aromatic heterocycles. The second-order valence-corrected chi connectivity index (χ2v) is 8.63. The molecule has 0 saturated heterocycles. The van der Waals surface area contributed by atoms with E-state index in [1.807, 2.05) is 60.7 Å². The van der Waals surface area contributed by atoms with Gasteiger partial charge in [-0.05, 0) is 37.4 Å². The first-order chi connectivity index (χ1) is 13.8. The Kier molecular flexibility index (Phi) is 7.75. The van der Waals surface area contributed by atoms with Crippen LogP contribution in [0.25, 0.3) is 0 Å². The number of rotatable bonds is 9. The largest absolute Gasteiger partial charge is 0.426 e. The van der Waals surface area contributed by atoms with Gasteiger partial charge in [-0.1, -0.05) is 85.3 Å². The van der Waals surface area contributed by atoms with Crippen LogP contribution in [0.5, 0.6) is 5.75 Å². The summed E-state index contributed by atoms with van der Waals surface area (Å²) >= 11 is 0. The van der Waals surface area contributed by atoms with Crippen LogP contribution in [0.15, 0.2) is 84.9 Å². The van der Waals surface area contributed by atoms with Gasteiger partial charge in [-0.2, -0.15) is 0 Å². The first kappa shape index (κ1) is 20.2. The van der Waals surface area contributed by atoms with Crippen molar-refractivity contribution in [2.45, 2.75) is 25.7 Å². The molecule has 0 atom stereocenters. The van der Waals surface area contributed by atoms with Crippen molar-refractivity contribution in [2.24, 2.45) is 0 Å². The Morgan fingerprint density at radius 3 is 1.93 bits per heavy atom. The molecule has 0 saturated carbocycles. The second kappa shape index (κ2) is 10.7. The van der Waals surface area contributed by atoms with Crippen LogP contribution >= 0.6 is 7.92 Å². The number of halogens is 1. The molecule has 3 aromatic carbocycles. The Morgan fingerprint density at radius 1 is 0.750 bits per heavy atom. The molecule has 0 bridgehead atoms. The van der Waals surface area contributed by atoms with Crippen LogP contribution < -0.4 is 20.7 Å². The number of hydrogen-bond acceptors (Lipinski definition) is 2. The highest BCUT2D eigenvalue weighted by Gasteiger charge is 2.21. The fourth-order valence-corrected chi connectivity index (χ4v) is 5.39. The van der Waals surface area contributed by atoms with Crippen LogP contribution in [0.3, 0.4) is 0 Å². The fraction of sp³-hybridized carbons (Fsp3) is 0.208. The average molecular weight is 393 g/mol. The quantitative estimate of drug-likeness (QED) is 0.224. The molecule has 3 rings (SSSR count). The van der Waals surface area contributed by atoms with Gasteiger partial charge >= 0.3 is 5.97 Å². The Morgan fingerprint density at radius 2 is 1.32 bits per heavy atom. The predicted molar refractivity (Wildman–Crippen MR) is 115 cm³/mol. The summed E-state index contributed by atoms with van der Waals surface area (Å²) in [6.45, 7) is -0.337. The molecule has 144 valence electrons. The van der Waals surface area contributed by atoms with Gasteiger partial charge in [-0.15, -0.1) is 0 Å². The zero-order chi connectivity index (χ0) is 19.6. The Labute approximate surface area is 167 Å². The zero-order valence-corrected chi connectivity index (χ0v) is 16.7. The number of alkyl halides is 1. The molecule has 28 heavy (non-hydrogen) atoms. The minimum atomic E-state index is -0.843. The normalized spacial score (nSPS) is 10.8. The third-order valence-electron chi connectivity index (χ3n) is 4.37. The maximum Gasteiger partial charge on any atom is 0.311 e. The number of benzene rings is 3. The number of carbonyl (C=O) groups excluding carboxylic acids is 1. The fourth-order valence-electron chi connectivity index (χ4n) is 3.02. The third-order valence-corrected chi connectivity index (χ3v) is 6.85. The smallest absolute Gasteiger partial charge is 0.311 e. The Balaban J connectivity index is 1.88. The first-order valence-corrected chi connectivity index (χ1v) is 10.9. The average Bonchev–Trinajstić information content (AvgIpc) is 2.74. The summed E-state index contributed by atoms with van der Waals surface area (Å²) in [6.07, 6.45) is 2.16. The number of unbranched alkanes of at least 4 members (excludes halogenated alkanes) is 2. The van der Waals surface area contributed by atoms with Crippen LogP contribution in [-0.2, 0) is 4.79 Å². The van der Waals surface area contributed by atoms with E-state index in [0.717, 1.165) is 5.30 Å². The van der Waals surface area contributed by atoms with Gasteiger partial charge in [-0.3, -0.25) is 9.18 Å². The second-order valence-electron chi connectivity index (χ2n) is 6.45. The van der Waals surface area contributed by atoms with Crippen LogP contribution in [0, 0.1) is 0 Å². The van der Waals surface area contributed by atoms with Gasteiger partial charge in [0.05, 0.1) is 6.67 Å². The van der Waals surface area contributed by atoms with Crippen LogP contribution in [0.4, 0.5) is 4.39 Å². The topological polar surface area (TPSA) is 26.3 Å². The summed E-state index contributed by atoms with van der Waals surface area (Å²) in [5.41, 5.74) is 0. The third kappa shape index (κ3) is 5.50. The summed E-state index contributed by atoms with van der Waals surface area (Å²) in [5.74, 6) is 0.346. The molecule has 0 aliphatic rings. The molecule has 0 spiro atoms. The molecule has 0 aliphatic heterocycles. The van der Waals surface area contributed by atoms with Crippen molar-refractivity contribution in [2.75, 3.05) is 6.67 Å². The molecule has 0 heterocycles. The highest BCUT2D eigenvalue weighted by molar-refractivity contribution is 7.80. The van der Waals surface area contributed by atoms with E-state index in [0.29, 0.717) is 31.4 Å². The van der Waals surface area contributed by atoms with Gasteiger partial charge in [0.15, 0.2) is 0 Å². The highest BCUT2D eigenvalue weighted by atomic mass is 31.1. The minimum Gasteiger partial charge on any atom is -0.426 e. The van der Waals surface area contributed by atoms with Gasteiger partial charge in [-0.25, -0.2) is 0 Å². The summed E-state index contributed by atoms with van der Waals surface area (Å²) in [4.78, 5) is 12.3. The van der Waals surface area contributed by atoms with Gasteiger partial charge in [0.25, 0.3) is 0 Å². The molecular formula is C24H24FO2P. The van der Waals surface area contributed by atoms with Crippen molar-refractivity contribution in [3.05, 3.63) is 84.9 Å². The van der Waals surface area contributed by atoms with Crippen molar-refractivity contribution < 1.29 is 13.9 Å². The van der Waals surface area contributed by atoms with Crippen molar-refractivity contribution in [3.8, 4) is 5.75 Å². The molecule has 3 aromatic rings. The summed E-state index contributed by atoms with van der Waals surface area (Å²) < 4.78 is 17.9. The molecule has 4 heteroatoms. The van der Waals surface area contributed by atoms with Gasteiger partial charge in [0, 0.05) is 11.7 Å². The summed E-state index contributed by atoms with van der Waals surface area (Å²) in [6, 6.07) is 28.4. The van der Waals surface area contributed by atoms with Gasteiger partial charge < -0.3 is 4.74 Å². The molecule has 0 amide bonds. The van der Waals surface area contributed by atoms with E-state index in [4.69, 9.17) is 4.74 Å². The van der Waals surface area contributed by atoms with Gasteiger partial charge in [0.2, 0.25) is 0 Å². The lowest BCUT2D eigenvalue weighted by molar-refractivity contribution is -0.134. The molecule has 0 aliphatic carbocycles. The van der Waals surface area contributed by atoms with E-state index in [-0.39, 0.29) is 12.6 Å². The van der Waals surface area contributed by atoms with Crippen molar-refractivity contribution >= 4 is 29.8 Å². The number of carbonyl (C=O) groups is 1. The first-order valence-electron chi connectivity index (χ1n) is 9.55. The molecule has 0 unspecified atom stereocenters. The number of para-hydroxylation sites is 1. The van der Waals surface area contributed by atoms with Crippen LogP contribution in [0.2, 0.25) is 0 Å². The van der Waals surface area contributed by atoms with Crippen molar-refractivity contribution in [3.63, 3.8) is 0 Å². The van der Waals surface area contributed by atoms with Crippen molar-refractivity contribution in [1.29, 1.82) is 0 Å². The summed E-state index contributed by atoms with van der Waals surface area (Å²) in [5, 5.41) is 3.43. The molecule has 2 nitrogen and oxygen atoms in total. The Bertz CT molecular complexity index is 829. The molecule has 0 N–H and O–H groups in total. The lowest BCUT2D eigenvalue weighted by Gasteiger charge is -2.21. The monoisotopic (exact) mass is 393 g/mol. The van der Waals surface area contributed by atoms with Crippen LogP contribution in [0.1, 0.15) is 25.7 Å². The lowest BCUT2D eigenvalue weighted by Crippen LogP contribution is -2.23. The molecular weight excluding hydrogens is 369 g/mol. The van der Waals surface area contributed by atoms with E-state index < -0.39 is 7.92 Å². The highest BCUT2D eigenvalue weighted by Crippen LogP contribution is 2.36. The number of hydrogen-bond donors (Lipinski definition) is 0. The van der Waals surface area contributed by atoms with E-state index in [1.54, 1.807) is 0 Å². The molecule has 0 fully saturated rings. The number of esters is 1. The number of ether oxygens (including phenoxy) is 1. The summed E-state index contributed by atoms with van der Waals surface area (Å²) in [7, 11) is -0.843. The van der Waals surface area contributed by atoms with E-state index in [1.165, 1.54) is 10.6 Å². The van der Waals surface area contributed by atoms with E-state index >= 15 is 0 Å². The predicted octanol–water partition coefficient (Wildman–Crippen LogP) is 4.88. The standard InChI is InChI=1S/C24H24FO2P/c25-19-11-3-8-18-24(26)27-22-16-9-10-17-23(22)28(20-12-4-1-5-13-20)21-14-6-2-7-15-21/h1-2,4-7,9-10,12-17H,3,8,11,18-19H2/i25-1. The zero-order valence-electron chi connectivity index (χ0n) is 15.8. The van der Waals surface area contributed by atoms with Crippen molar-refractivity contribution in [1.82, 2.24) is 0 Å². The van der Waals surface area contributed by atoms with Crippen LogP contribution in [-0.4, -0.2) is 12.6 Å².